The fourth-order valence-corrected chi connectivity index (χ4v) is 1.32. The van der Waals surface area contributed by atoms with Gasteiger partial charge in [0.15, 0.2) is 0 Å². The lowest BCUT2D eigenvalue weighted by Gasteiger charge is -1.99. The van der Waals surface area contributed by atoms with E-state index in [1.54, 1.807) is 0 Å². The second-order valence-corrected chi connectivity index (χ2v) is 3.53. The van der Waals surface area contributed by atoms with Gasteiger partial charge >= 0.3 is 0 Å². The lowest BCUT2D eigenvalue weighted by atomic mass is 10.3. The third-order valence-electron chi connectivity index (χ3n) is 2.13. The highest BCUT2D eigenvalue weighted by Crippen LogP contribution is 2.37. The summed E-state index contributed by atoms with van der Waals surface area (Å²) in [6.45, 7) is 2.35. The topological polar surface area (TPSA) is 51.8 Å². The highest BCUT2D eigenvalue weighted by molar-refractivity contribution is 5.30. The van der Waals surface area contributed by atoms with E-state index in [0.29, 0.717) is 12.5 Å². The monoisotopic (exact) mass is 187 g/mol. The van der Waals surface area contributed by atoms with Gasteiger partial charge in [0.1, 0.15) is 11.5 Å². The number of aryl methyl sites for hydroxylation is 1. The first-order valence-corrected chi connectivity index (χ1v) is 4.84. The maximum absolute atomic E-state index is 5.31. The molecule has 0 aliphatic heterocycles. The van der Waals surface area contributed by atoms with Crippen molar-refractivity contribution in [2.45, 2.75) is 25.7 Å². The van der Waals surface area contributed by atoms with Crippen molar-refractivity contribution in [3.8, 4) is 11.8 Å². The zero-order valence-corrected chi connectivity index (χ0v) is 8.25. The van der Waals surface area contributed by atoms with Crippen molar-refractivity contribution in [1.29, 1.82) is 0 Å². The van der Waals surface area contributed by atoms with E-state index in [2.05, 4.69) is 21.8 Å². The molecule has 0 aromatic carbocycles. The molecule has 14 heavy (non-hydrogen) atoms. The Balaban J connectivity index is 2.30. The van der Waals surface area contributed by atoms with Crippen molar-refractivity contribution in [3.63, 3.8) is 0 Å². The number of aromatic nitrogens is 2. The Kier molecular flexibility index (Phi) is 2.47. The minimum absolute atomic E-state index is 0.377. The lowest BCUT2D eigenvalue weighted by Crippen LogP contribution is -1.98. The minimum Gasteiger partial charge on any atom is -0.320 e. The standard InChI is InChI=1S/C11H13N3/c1-8-7-10(3-2-6-12)14-11(13-8)9-4-5-9/h7,9H,4-6,12H2,1H3. The molecule has 2 rings (SSSR count). The number of rotatable bonds is 1. The first kappa shape index (κ1) is 9.17. The maximum Gasteiger partial charge on any atom is 0.133 e. The average Bonchev–Trinajstić information content (AvgIpc) is 2.97. The number of hydrogen-bond acceptors (Lipinski definition) is 3. The van der Waals surface area contributed by atoms with Crippen LogP contribution >= 0.6 is 0 Å². The van der Waals surface area contributed by atoms with Crippen LogP contribution in [-0.2, 0) is 0 Å². The highest BCUT2D eigenvalue weighted by Gasteiger charge is 2.26. The summed E-state index contributed by atoms with van der Waals surface area (Å²) in [7, 11) is 0. The van der Waals surface area contributed by atoms with Crippen molar-refractivity contribution in [1.82, 2.24) is 9.97 Å². The summed E-state index contributed by atoms with van der Waals surface area (Å²) < 4.78 is 0. The largest absolute Gasteiger partial charge is 0.320 e. The molecule has 0 amide bonds. The summed E-state index contributed by atoms with van der Waals surface area (Å²) in [5, 5.41) is 0. The van der Waals surface area contributed by atoms with E-state index in [9.17, 15) is 0 Å². The highest BCUT2D eigenvalue weighted by atomic mass is 14.9. The fourth-order valence-electron chi connectivity index (χ4n) is 1.32. The van der Waals surface area contributed by atoms with Gasteiger partial charge in [-0.1, -0.05) is 5.92 Å². The van der Waals surface area contributed by atoms with Crippen LogP contribution < -0.4 is 5.73 Å². The molecule has 0 spiro atoms. The van der Waals surface area contributed by atoms with E-state index in [1.807, 2.05) is 13.0 Å². The number of hydrogen-bond donors (Lipinski definition) is 1. The van der Waals surface area contributed by atoms with E-state index in [4.69, 9.17) is 5.73 Å². The van der Waals surface area contributed by atoms with Gasteiger partial charge in [-0.15, -0.1) is 0 Å². The Labute approximate surface area is 83.8 Å². The van der Waals surface area contributed by atoms with Gasteiger partial charge in [-0.05, 0) is 31.8 Å². The minimum atomic E-state index is 0.377. The molecule has 3 heteroatoms. The predicted octanol–water partition coefficient (Wildman–Crippen LogP) is 0.973. The molecule has 0 radical (unpaired) electrons. The zero-order chi connectivity index (χ0) is 9.97. The van der Waals surface area contributed by atoms with Crippen LogP contribution in [0.4, 0.5) is 0 Å². The first-order valence-electron chi connectivity index (χ1n) is 4.84. The Morgan fingerprint density at radius 2 is 2.29 bits per heavy atom. The van der Waals surface area contributed by atoms with Crippen molar-refractivity contribution in [2.24, 2.45) is 5.73 Å². The van der Waals surface area contributed by atoms with Crippen LogP contribution in [0.25, 0.3) is 0 Å². The molecule has 0 bridgehead atoms. The molecule has 1 aromatic heterocycles. The van der Waals surface area contributed by atoms with E-state index in [1.165, 1.54) is 12.8 Å². The second kappa shape index (κ2) is 3.77. The van der Waals surface area contributed by atoms with Gasteiger partial charge in [-0.3, -0.25) is 0 Å². The van der Waals surface area contributed by atoms with Crippen LogP contribution in [0, 0.1) is 18.8 Å². The van der Waals surface area contributed by atoms with Gasteiger partial charge in [0.2, 0.25) is 0 Å². The van der Waals surface area contributed by atoms with Crippen LogP contribution in [0.1, 0.15) is 36.0 Å². The molecule has 1 aliphatic carbocycles. The molecule has 2 N–H and O–H groups in total. The van der Waals surface area contributed by atoms with Crippen LogP contribution in [0.5, 0.6) is 0 Å². The molecule has 1 fully saturated rings. The molecule has 1 saturated carbocycles. The van der Waals surface area contributed by atoms with Crippen LogP contribution in [0.15, 0.2) is 6.07 Å². The lowest BCUT2D eigenvalue weighted by molar-refractivity contribution is 0.899. The van der Waals surface area contributed by atoms with Gasteiger partial charge in [-0.2, -0.15) is 0 Å². The summed E-state index contributed by atoms with van der Waals surface area (Å²) in [6, 6.07) is 1.90. The van der Waals surface area contributed by atoms with Gasteiger partial charge < -0.3 is 5.73 Å². The molecular weight excluding hydrogens is 174 g/mol. The normalized spacial score (nSPS) is 14.7. The summed E-state index contributed by atoms with van der Waals surface area (Å²) in [5.41, 5.74) is 7.09. The molecule has 1 aliphatic rings. The van der Waals surface area contributed by atoms with Crippen molar-refractivity contribution in [2.75, 3.05) is 6.54 Å². The Bertz CT molecular complexity index is 397. The third-order valence-corrected chi connectivity index (χ3v) is 2.13. The molecule has 1 heterocycles. The van der Waals surface area contributed by atoms with Gasteiger partial charge in [-0.25, -0.2) is 9.97 Å². The van der Waals surface area contributed by atoms with E-state index >= 15 is 0 Å². The first-order chi connectivity index (χ1) is 6.79. The van der Waals surface area contributed by atoms with Crippen molar-refractivity contribution >= 4 is 0 Å². The molecule has 72 valence electrons. The van der Waals surface area contributed by atoms with E-state index in [-0.39, 0.29) is 0 Å². The number of nitrogens with zero attached hydrogens (tertiary/aromatic N) is 2. The maximum atomic E-state index is 5.31. The van der Waals surface area contributed by atoms with Gasteiger partial charge in [0.05, 0.1) is 6.54 Å². The second-order valence-electron chi connectivity index (χ2n) is 3.53. The molecule has 3 nitrogen and oxygen atoms in total. The van der Waals surface area contributed by atoms with Crippen molar-refractivity contribution in [3.05, 3.63) is 23.3 Å². The summed E-state index contributed by atoms with van der Waals surface area (Å²) in [5.74, 6) is 7.28. The summed E-state index contributed by atoms with van der Waals surface area (Å²) in [4.78, 5) is 8.79. The molecule has 0 unspecified atom stereocenters. The van der Waals surface area contributed by atoms with E-state index in [0.717, 1.165) is 17.2 Å². The van der Waals surface area contributed by atoms with Crippen LogP contribution in [0.2, 0.25) is 0 Å². The SMILES string of the molecule is Cc1cc(C#CCN)nc(C2CC2)n1. The van der Waals surface area contributed by atoms with Crippen LogP contribution in [0.3, 0.4) is 0 Å². The Morgan fingerprint density at radius 3 is 2.93 bits per heavy atom. The van der Waals surface area contributed by atoms with Crippen molar-refractivity contribution < 1.29 is 0 Å². The van der Waals surface area contributed by atoms with Crippen LogP contribution in [-0.4, -0.2) is 16.5 Å². The van der Waals surface area contributed by atoms with Gasteiger partial charge in [0.25, 0.3) is 0 Å². The number of nitrogens with two attached hydrogens (primary N) is 1. The average molecular weight is 187 g/mol. The fraction of sp³-hybridized carbons (Fsp3) is 0.455. The summed E-state index contributed by atoms with van der Waals surface area (Å²) >= 11 is 0. The molecule has 1 aromatic rings. The summed E-state index contributed by atoms with van der Waals surface area (Å²) in [6.07, 6.45) is 2.43. The Hall–Kier alpha value is -1.40. The van der Waals surface area contributed by atoms with Gasteiger partial charge in [0, 0.05) is 11.6 Å². The molecule has 0 saturated heterocycles. The Morgan fingerprint density at radius 1 is 1.50 bits per heavy atom. The smallest absolute Gasteiger partial charge is 0.133 e. The molecule has 0 atom stereocenters. The predicted molar refractivity (Wildman–Crippen MR) is 54.7 cm³/mol. The quantitative estimate of drug-likeness (QED) is 0.666. The third kappa shape index (κ3) is 2.09. The zero-order valence-electron chi connectivity index (χ0n) is 8.25. The molecular formula is C11H13N3. The van der Waals surface area contributed by atoms with E-state index < -0.39 is 0 Å².